The molecule has 2 rings (SSSR count). The van der Waals surface area contributed by atoms with Gasteiger partial charge in [-0.1, -0.05) is 0 Å². The smallest absolute Gasteiger partial charge is 0.0253 e. The van der Waals surface area contributed by atoms with Gasteiger partial charge in [-0.2, -0.15) is 0 Å². The standard InChI is InChI=1S/C9H18N2/c1-6(2)11-5-7-3-4-8(11)9(7)10/h6-9H,3-5,10H2,1-2H3/t7-,8-,9-/m1/s1. The second-order valence-corrected chi connectivity index (χ2v) is 4.27. The number of piperidine rings is 1. The van der Waals surface area contributed by atoms with Gasteiger partial charge in [0.2, 0.25) is 0 Å². The molecule has 1 aliphatic carbocycles. The maximum Gasteiger partial charge on any atom is 0.0253 e. The summed E-state index contributed by atoms with van der Waals surface area (Å²) in [6.45, 7) is 5.80. The van der Waals surface area contributed by atoms with Crippen LogP contribution in [0.2, 0.25) is 0 Å². The molecule has 2 nitrogen and oxygen atoms in total. The van der Waals surface area contributed by atoms with E-state index in [1.165, 1.54) is 19.4 Å². The molecule has 0 amide bonds. The van der Waals surface area contributed by atoms with Gasteiger partial charge in [-0.05, 0) is 32.6 Å². The number of likely N-dealkylation sites (tertiary alicyclic amines) is 1. The van der Waals surface area contributed by atoms with Crippen LogP contribution in [0, 0.1) is 5.92 Å². The molecule has 64 valence electrons. The van der Waals surface area contributed by atoms with Crippen LogP contribution in [0.25, 0.3) is 0 Å². The van der Waals surface area contributed by atoms with E-state index in [1.54, 1.807) is 0 Å². The van der Waals surface area contributed by atoms with Crippen molar-refractivity contribution in [2.75, 3.05) is 6.54 Å². The monoisotopic (exact) mass is 154 g/mol. The molecule has 0 aromatic rings. The topological polar surface area (TPSA) is 29.3 Å². The van der Waals surface area contributed by atoms with Crippen LogP contribution in [-0.4, -0.2) is 29.6 Å². The third kappa shape index (κ3) is 1.00. The van der Waals surface area contributed by atoms with E-state index >= 15 is 0 Å². The molecule has 0 aromatic carbocycles. The minimum Gasteiger partial charge on any atom is -0.326 e. The van der Waals surface area contributed by atoms with E-state index in [9.17, 15) is 0 Å². The molecule has 2 bridgehead atoms. The van der Waals surface area contributed by atoms with E-state index in [1.807, 2.05) is 0 Å². The van der Waals surface area contributed by atoms with E-state index in [0.717, 1.165) is 5.92 Å². The van der Waals surface area contributed by atoms with E-state index in [2.05, 4.69) is 18.7 Å². The first-order valence-electron chi connectivity index (χ1n) is 4.71. The van der Waals surface area contributed by atoms with Crippen molar-refractivity contribution in [3.63, 3.8) is 0 Å². The summed E-state index contributed by atoms with van der Waals surface area (Å²) in [5, 5.41) is 0. The molecule has 0 spiro atoms. The fourth-order valence-electron chi connectivity index (χ4n) is 2.68. The third-order valence-corrected chi connectivity index (χ3v) is 3.36. The van der Waals surface area contributed by atoms with E-state index in [-0.39, 0.29) is 0 Å². The van der Waals surface area contributed by atoms with Crippen LogP contribution in [0.15, 0.2) is 0 Å². The fraction of sp³-hybridized carbons (Fsp3) is 1.00. The van der Waals surface area contributed by atoms with Gasteiger partial charge in [0.25, 0.3) is 0 Å². The highest BCUT2D eigenvalue weighted by atomic mass is 15.2. The molecular formula is C9H18N2. The SMILES string of the molecule is CC(C)N1C[C@H]2CC[C@@H]1[C@@H]2N. The summed E-state index contributed by atoms with van der Waals surface area (Å²) in [6, 6.07) is 1.88. The van der Waals surface area contributed by atoms with Gasteiger partial charge in [-0.3, -0.25) is 4.90 Å². The Balaban J connectivity index is 2.09. The van der Waals surface area contributed by atoms with Crippen LogP contribution >= 0.6 is 0 Å². The van der Waals surface area contributed by atoms with Gasteiger partial charge < -0.3 is 5.73 Å². The minimum absolute atomic E-state index is 0.484. The Bertz CT molecular complexity index is 156. The molecule has 11 heavy (non-hydrogen) atoms. The van der Waals surface area contributed by atoms with Gasteiger partial charge in [0.15, 0.2) is 0 Å². The predicted octanol–water partition coefficient (Wildman–Crippen LogP) is 0.816. The van der Waals surface area contributed by atoms with Crippen LogP contribution in [0.1, 0.15) is 26.7 Å². The summed E-state index contributed by atoms with van der Waals surface area (Å²) in [4.78, 5) is 2.57. The van der Waals surface area contributed by atoms with Gasteiger partial charge >= 0.3 is 0 Å². The second kappa shape index (κ2) is 2.46. The summed E-state index contributed by atoms with van der Waals surface area (Å²) in [5.41, 5.74) is 6.07. The third-order valence-electron chi connectivity index (χ3n) is 3.36. The first kappa shape index (κ1) is 7.56. The molecule has 1 saturated carbocycles. The highest BCUT2D eigenvalue weighted by molar-refractivity contribution is 5.02. The number of rotatable bonds is 1. The molecule has 1 heterocycles. The molecule has 2 aliphatic rings. The molecule has 1 saturated heterocycles. The summed E-state index contributed by atoms with van der Waals surface area (Å²) >= 11 is 0. The Morgan fingerprint density at radius 1 is 1.36 bits per heavy atom. The van der Waals surface area contributed by atoms with E-state index in [0.29, 0.717) is 18.1 Å². The lowest BCUT2D eigenvalue weighted by Crippen LogP contribution is -2.41. The van der Waals surface area contributed by atoms with Gasteiger partial charge in [-0.15, -0.1) is 0 Å². The van der Waals surface area contributed by atoms with Crippen molar-refractivity contribution in [3.8, 4) is 0 Å². The van der Waals surface area contributed by atoms with Crippen molar-refractivity contribution in [1.29, 1.82) is 0 Å². The molecule has 1 aliphatic heterocycles. The zero-order chi connectivity index (χ0) is 8.01. The molecule has 2 heteroatoms. The summed E-state index contributed by atoms with van der Waals surface area (Å²) in [5.74, 6) is 0.808. The van der Waals surface area contributed by atoms with Crippen LogP contribution in [0.3, 0.4) is 0 Å². The maximum absolute atomic E-state index is 6.07. The Kier molecular flexibility index (Phi) is 1.69. The van der Waals surface area contributed by atoms with Crippen LogP contribution in [-0.2, 0) is 0 Å². The molecule has 0 radical (unpaired) electrons. The largest absolute Gasteiger partial charge is 0.326 e. The van der Waals surface area contributed by atoms with Crippen molar-refractivity contribution in [2.45, 2.75) is 44.8 Å². The lowest BCUT2D eigenvalue weighted by Gasteiger charge is -2.30. The summed E-state index contributed by atoms with van der Waals surface area (Å²) in [6.07, 6.45) is 2.71. The fourth-order valence-corrected chi connectivity index (χ4v) is 2.68. The number of hydrogen-bond acceptors (Lipinski definition) is 2. The number of nitrogens with zero attached hydrogens (tertiary/aromatic N) is 1. The zero-order valence-corrected chi connectivity index (χ0v) is 7.46. The molecule has 2 N–H and O–H groups in total. The van der Waals surface area contributed by atoms with E-state index in [4.69, 9.17) is 5.73 Å². The normalized spacial score (nSPS) is 44.2. The lowest BCUT2D eigenvalue weighted by atomic mass is 10.1. The van der Waals surface area contributed by atoms with Crippen LogP contribution < -0.4 is 5.73 Å². The van der Waals surface area contributed by atoms with Gasteiger partial charge in [0.05, 0.1) is 0 Å². The van der Waals surface area contributed by atoms with Gasteiger partial charge in [0.1, 0.15) is 0 Å². The quantitative estimate of drug-likeness (QED) is 0.606. The first-order valence-corrected chi connectivity index (χ1v) is 4.71. The van der Waals surface area contributed by atoms with Crippen LogP contribution in [0.5, 0.6) is 0 Å². The van der Waals surface area contributed by atoms with Crippen LogP contribution in [0.4, 0.5) is 0 Å². The van der Waals surface area contributed by atoms with Crippen molar-refractivity contribution in [3.05, 3.63) is 0 Å². The molecule has 0 unspecified atom stereocenters. The predicted molar refractivity (Wildman–Crippen MR) is 46.3 cm³/mol. The summed E-state index contributed by atoms with van der Waals surface area (Å²) in [7, 11) is 0. The summed E-state index contributed by atoms with van der Waals surface area (Å²) < 4.78 is 0. The maximum atomic E-state index is 6.07. The number of hydrogen-bond donors (Lipinski definition) is 1. The van der Waals surface area contributed by atoms with Crippen molar-refractivity contribution in [2.24, 2.45) is 11.7 Å². The molecule has 3 atom stereocenters. The zero-order valence-electron chi connectivity index (χ0n) is 7.46. The second-order valence-electron chi connectivity index (χ2n) is 4.27. The first-order chi connectivity index (χ1) is 5.20. The Hall–Kier alpha value is -0.0800. The highest BCUT2D eigenvalue weighted by Gasteiger charge is 2.45. The minimum atomic E-state index is 0.484. The number of fused-ring (bicyclic) bond motifs is 2. The lowest BCUT2D eigenvalue weighted by molar-refractivity contribution is 0.168. The average Bonchev–Trinajstić information content (AvgIpc) is 2.46. The number of nitrogens with two attached hydrogens (primary N) is 1. The molecule has 2 fully saturated rings. The Labute approximate surface area is 68.7 Å². The highest BCUT2D eigenvalue weighted by Crippen LogP contribution is 2.37. The van der Waals surface area contributed by atoms with E-state index < -0.39 is 0 Å². The Morgan fingerprint density at radius 2 is 2.09 bits per heavy atom. The van der Waals surface area contributed by atoms with Crippen molar-refractivity contribution >= 4 is 0 Å². The van der Waals surface area contributed by atoms with Gasteiger partial charge in [-0.25, -0.2) is 0 Å². The van der Waals surface area contributed by atoms with Crippen molar-refractivity contribution in [1.82, 2.24) is 4.90 Å². The van der Waals surface area contributed by atoms with Gasteiger partial charge in [0, 0.05) is 24.7 Å². The van der Waals surface area contributed by atoms with Crippen molar-refractivity contribution < 1.29 is 0 Å². The molecule has 0 aromatic heterocycles. The Morgan fingerprint density at radius 3 is 2.36 bits per heavy atom. The average molecular weight is 154 g/mol. The molecular weight excluding hydrogens is 136 g/mol.